The van der Waals surface area contributed by atoms with Crippen molar-refractivity contribution >= 4 is 24.0 Å². The Kier molecular flexibility index (Phi) is 4.49. The first-order valence-corrected chi connectivity index (χ1v) is 6.47. The fourth-order valence-corrected chi connectivity index (χ4v) is 3.20. The fourth-order valence-electron chi connectivity index (χ4n) is 2.97. The molecule has 0 amide bonds. The molecule has 2 saturated heterocycles. The van der Waals surface area contributed by atoms with Crippen molar-refractivity contribution in [1.29, 1.82) is 0 Å². The van der Waals surface area contributed by atoms with Crippen LogP contribution in [0, 0.1) is 17.7 Å². The van der Waals surface area contributed by atoms with Crippen LogP contribution in [0.5, 0.6) is 0 Å². The lowest BCUT2D eigenvalue weighted by atomic mass is 10.0. The van der Waals surface area contributed by atoms with Gasteiger partial charge in [0.1, 0.15) is 5.82 Å². The number of benzene rings is 1. The molecule has 1 aromatic carbocycles. The lowest BCUT2D eigenvalue weighted by molar-refractivity contribution is 0.305. The molecule has 0 aromatic heterocycles. The molecule has 2 aliphatic heterocycles. The predicted octanol–water partition coefficient (Wildman–Crippen LogP) is 2.55. The van der Waals surface area contributed by atoms with Gasteiger partial charge in [-0.2, -0.15) is 0 Å². The van der Waals surface area contributed by atoms with Crippen molar-refractivity contribution in [2.24, 2.45) is 11.8 Å². The van der Waals surface area contributed by atoms with Gasteiger partial charge in [-0.15, -0.1) is 12.4 Å². The van der Waals surface area contributed by atoms with E-state index in [4.69, 9.17) is 11.6 Å². The highest BCUT2D eigenvalue weighted by Gasteiger charge is 2.35. The van der Waals surface area contributed by atoms with Gasteiger partial charge in [0.25, 0.3) is 0 Å². The molecule has 0 radical (unpaired) electrons. The van der Waals surface area contributed by atoms with E-state index in [1.165, 1.54) is 12.1 Å². The summed E-state index contributed by atoms with van der Waals surface area (Å²) >= 11 is 6.05. The third-order valence-electron chi connectivity index (χ3n) is 3.87. The molecule has 1 N–H and O–H groups in total. The second-order valence-electron chi connectivity index (χ2n) is 5.11. The van der Waals surface area contributed by atoms with Crippen molar-refractivity contribution in [1.82, 2.24) is 10.2 Å². The maximum Gasteiger partial charge on any atom is 0.124 e. The Bertz CT molecular complexity index is 415. The van der Waals surface area contributed by atoms with Gasteiger partial charge in [-0.25, -0.2) is 4.39 Å². The Hall–Kier alpha value is -0.350. The van der Waals surface area contributed by atoms with Crippen molar-refractivity contribution in [2.45, 2.75) is 6.54 Å². The Morgan fingerprint density at radius 3 is 2.56 bits per heavy atom. The molecule has 0 spiro atoms. The van der Waals surface area contributed by atoms with E-state index in [0.717, 1.165) is 50.1 Å². The summed E-state index contributed by atoms with van der Waals surface area (Å²) in [7, 11) is 0. The third-order valence-corrected chi connectivity index (χ3v) is 4.23. The van der Waals surface area contributed by atoms with Crippen molar-refractivity contribution in [3.8, 4) is 0 Å². The monoisotopic (exact) mass is 290 g/mol. The van der Waals surface area contributed by atoms with Crippen LogP contribution in [0.2, 0.25) is 5.02 Å². The largest absolute Gasteiger partial charge is 0.316 e. The average molecular weight is 291 g/mol. The van der Waals surface area contributed by atoms with E-state index in [1.54, 1.807) is 6.07 Å². The molecule has 0 aliphatic carbocycles. The predicted molar refractivity (Wildman–Crippen MR) is 73.8 cm³/mol. The molecule has 2 heterocycles. The van der Waals surface area contributed by atoms with Crippen LogP contribution in [-0.4, -0.2) is 31.1 Å². The molecule has 1 aromatic rings. The molecule has 2 fully saturated rings. The van der Waals surface area contributed by atoms with Crippen molar-refractivity contribution in [3.63, 3.8) is 0 Å². The number of nitrogens with zero attached hydrogens (tertiary/aromatic N) is 1. The maximum absolute atomic E-state index is 12.9. The van der Waals surface area contributed by atoms with Gasteiger partial charge < -0.3 is 5.32 Å². The quantitative estimate of drug-likeness (QED) is 0.901. The zero-order valence-electron chi connectivity index (χ0n) is 10.0. The van der Waals surface area contributed by atoms with Crippen LogP contribution in [0.4, 0.5) is 4.39 Å². The zero-order valence-corrected chi connectivity index (χ0v) is 11.6. The topological polar surface area (TPSA) is 15.3 Å². The first-order chi connectivity index (χ1) is 8.22. The van der Waals surface area contributed by atoms with Gasteiger partial charge in [-0.1, -0.05) is 17.7 Å². The van der Waals surface area contributed by atoms with Crippen LogP contribution in [0.15, 0.2) is 18.2 Å². The first-order valence-electron chi connectivity index (χ1n) is 6.09. The lowest BCUT2D eigenvalue weighted by Crippen LogP contribution is -2.25. The number of hydrogen-bond donors (Lipinski definition) is 1. The Morgan fingerprint density at radius 2 is 1.94 bits per heavy atom. The summed E-state index contributed by atoms with van der Waals surface area (Å²) in [6.45, 7) is 5.37. The smallest absolute Gasteiger partial charge is 0.124 e. The van der Waals surface area contributed by atoms with Gasteiger partial charge in [-0.05, 0) is 42.6 Å². The molecule has 0 unspecified atom stereocenters. The summed E-state index contributed by atoms with van der Waals surface area (Å²) in [4.78, 5) is 2.43. The molecule has 5 heteroatoms. The molecule has 2 atom stereocenters. The normalized spacial score (nSPS) is 27.0. The Morgan fingerprint density at radius 1 is 1.28 bits per heavy atom. The molecule has 3 rings (SSSR count). The highest BCUT2D eigenvalue weighted by atomic mass is 35.5. The standard InChI is InChI=1S/C13H16ClFN2.ClH/c14-13-3-12(15)2-1-9(13)6-17-7-10-4-16-5-11(10)8-17;/h1-3,10-11,16H,4-8H2;1H/t10-,11+;. The zero-order chi connectivity index (χ0) is 11.8. The summed E-state index contributed by atoms with van der Waals surface area (Å²) in [5.41, 5.74) is 1.03. The SMILES string of the molecule is Cl.Fc1ccc(CN2C[C@H]3CNC[C@H]3C2)c(Cl)c1. The molecule has 2 nitrogen and oxygen atoms in total. The van der Waals surface area contributed by atoms with E-state index in [9.17, 15) is 4.39 Å². The lowest BCUT2D eigenvalue weighted by Gasteiger charge is -2.17. The number of likely N-dealkylation sites (tertiary alicyclic amines) is 1. The molecular weight excluding hydrogens is 274 g/mol. The van der Waals surface area contributed by atoms with Crippen molar-refractivity contribution < 1.29 is 4.39 Å². The molecule has 100 valence electrons. The molecule has 0 bridgehead atoms. The number of hydrogen-bond acceptors (Lipinski definition) is 2. The molecule has 2 aliphatic rings. The van der Waals surface area contributed by atoms with Gasteiger partial charge in [0.2, 0.25) is 0 Å². The minimum Gasteiger partial charge on any atom is -0.316 e. The van der Waals surface area contributed by atoms with E-state index in [1.807, 2.05) is 0 Å². The summed E-state index contributed by atoms with van der Waals surface area (Å²) in [6.07, 6.45) is 0. The van der Waals surface area contributed by atoms with Crippen LogP contribution in [-0.2, 0) is 6.54 Å². The van der Waals surface area contributed by atoms with E-state index in [-0.39, 0.29) is 18.2 Å². The number of fused-ring (bicyclic) bond motifs is 1. The minimum absolute atomic E-state index is 0. The van der Waals surface area contributed by atoms with Crippen LogP contribution in [0.1, 0.15) is 5.56 Å². The second-order valence-corrected chi connectivity index (χ2v) is 5.52. The first kappa shape index (κ1) is 14.1. The minimum atomic E-state index is -0.263. The van der Waals surface area contributed by atoms with E-state index in [0.29, 0.717) is 5.02 Å². The van der Waals surface area contributed by atoms with Gasteiger partial charge >= 0.3 is 0 Å². The molecular formula is C13H17Cl2FN2. The number of rotatable bonds is 2. The fraction of sp³-hybridized carbons (Fsp3) is 0.538. The van der Waals surface area contributed by atoms with Gasteiger partial charge in [0.15, 0.2) is 0 Å². The van der Waals surface area contributed by atoms with Crippen LogP contribution in [0.25, 0.3) is 0 Å². The van der Waals surface area contributed by atoms with Gasteiger partial charge in [0, 0.05) is 24.7 Å². The highest BCUT2D eigenvalue weighted by Crippen LogP contribution is 2.28. The maximum atomic E-state index is 12.9. The van der Waals surface area contributed by atoms with Gasteiger partial charge in [0.05, 0.1) is 0 Å². The molecule has 18 heavy (non-hydrogen) atoms. The average Bonchev–Trinajstić information content (AvgIpc) is 2.82. The summed E-state index contributed by atoms with van der Waals surface area (Å²) in [5.74, 6) is 1.31. The highest BCUT2D eigenvalue weighted by molar-refractivity contribution is 6.31. The van der Waals surface area contributed by atoms with E-state index < -0.39 is 0 Å². The van der Waals surface area contributed by atoms with Crippen molar-refractivity contribution in [2.75, 3.05) is 26.2 Å². The van der Waals surface area contributed by atoms with Crippen molar-refractivity contribution in [3.05, 3.63) is 34.6 Å². The van der Waals surface area contributed by atoms with E-state index in [2.05, 4.69) is 10.2 Å². The summed E-state index contributed by atoms with van der Waals surface area (Å²) in [5, 5.41) is 3.97. The number of halogens is 3. The van der Waals surface area contributed by atoms with Crippen LogP contribution < -0.4 is 5.32 Å². The summed E-state index contributed by atoms with van der Waals surface area (Å²) < 4.78 is 12.9. The third kappa shape index (κ3) is 2.80. The number of nitrogens with one attached hydrogen (secondary N) is 1. The Labute approximate surface area is 118 Å². The van der Waals surface area contributed by atoms with E-state index >= 15 is 0 Å². The second kappa shape index (κ2) is 5.74. The molecule has 0 saturated carbocycles. The van der Waals surface area contributed by atoms with Crippen LogP contribution >= 0.6 is 24.0 Å². The Balaban J connectivity index is 0.00000120. The van der Waals surface area contributed by atoms with Crippen LogP contribution in [0.3, 0.4) is 0 Å². The summed E-state index contributed by atoms with van der Waals surface area (Å²) in [6, 6.07) is 4.68. The van der Waals surface area contributed by atoms with Gasteiger partial charge in [-0.3, -0.25) is 4.90 Å².